The van der Waals surface area contributed by atoms with Gasteiger partial charge in [-0.25, -0.2) is 4.39 Å². The lowest BCUT2D eigenvalue weighted by molar-refractivity contribution is -0.384. The number of anilines is 1. The molecule has 0 spiro atoms. The number of nitro benzene ring substituents is 1. The summed E-state index contributed by atoms with van der Waals surface area (Å²) in [5.41, 5.74) is 3.96. The highest BCUT2D eigenvalue weighted by Crippen LogP contribution is 2.28. The molecule has 8 heteroatoms. The lowest BCUT2D eigenvalue weighted by atomic mass is 10.1. The number of carbonyl (C=O) groups is 1. The summed E-state index contributed by atoms with van der Waals surface area (Å²) in [5, 5.41) is 19.3. The molecule has 0 saturated carbocycles. The second-order valence-corrected chi connectivity index (χ2v) is 3.91. The molecule has 7 nitrogen and oxygen atoms in total. The summed E-state index contributed by atoms with van der Waals surface area (Å²) >= 11 is 0. The first kappa shape index (κ1) is 15.4. The fourth-order valence-corrected chi connectivity index (χ4v) is 1.70. The van der Waals surface area contributed by atoms with Gasteiger partial charge in [0.05, 0.1) is 17.4 Å². The van der Waals surface area contributed by atoms with Crippen molar-refractivity contribution >= 4 is 17.3 Å². The van der Waals surface area contributed by atoms with Crippen molar-refractivity contribution in [3.8, 4) is 6.07 Å². The normalized spacial score (nSPS) is 9.85. The van der Waals surface area contributed by atoms with E-state index in [0.29, 0.717) is 0 Å². The summed E-state index contributed by atoms with van der Waals surface area (Å²) in [4.78, 5) is 23.4. The van der Waals surface area contributed by atoms with Crippen LogP contribution >= 0.6 is 0 Å². The van der Waals surface area contributed by atoms with Gasteiger partial charge in [-0.05, 0) is 13.0 Å². The zero-order valence-electron chi connectivity index (χ0n) is 10.8. The van der Waals surface area contributed by atoms with E-state index >= 15 is 0 Å². The fourth-order valence-electron chi connectivity index (χ4n) is 1.70. The zero-order chi connectivity index (χ0) is 15.3. The zero-order valence-corrected chi connectivity index (χ0v) is 10.8. The van der Waals surface area contributed by atoms with E-state index in [2.05, 4.69) is 0 Å². The van der Waals surface area contributed by atoms with Gasteiger partial charge in [-0.15, -0.1) is 0 Å². The fraction of sp³-hybridized carbons (Fsp3) is 0.333. The first-order chi connectivity index (χ1) is 9.43. The Balaban J connectivity index is 3.24. The van der Waals surface area contributed by atoms with Crippen molar-refractivity contribution in [3.63, 3.8) is 0 Å². The van der Waals surface area contributed by atoms with Crippen LogP contribution in [0.15, 0.2) is 12.1 Å². The van der Waals surface area contributed by atoms with Crippen molar-refractivity contribution in [1.29, 1.82) is 5.26 Å². The Morgan fingerprint density at radius 1 is 1.60 bits per heavy atom. The predicted molar refractivity (Wildman–Crippen MR) is 69.3 cm³/mol. The van der Waals surface area contributed by atoms with E-state index in [4.69, 9.17) is 11.0 Å². The SMILES string of the molecule is CCN(CCC#N)C(=O)c1c(F)ccc([N+](=O)[O-])c1N. The number of benzene rings is 1. The third-order valence-corrected chi connectivity index (χ3v) is 2.74. The van der Waals surface area contributed by atoms with E-state index in [-0.39, 0.29) is 19.5 Å². The molecule has 1 amide bonds. The summed E-state index contributed by atoms with van der Waals surface area (Å²) in [6.45, 7) is 2.00. The standard InChI is InChI=1S/C12H13FN4O3/c1-2-16(7-3-6-14)12(18)10-8(13)4-5-9(11(10)15)17(19)20/h4-5H,2-3,7,15H2,1H3. The van der Waals surface area contributed by atoms with Crippen LogP contribution in [0.1, 0.15) is 23.7 Å². The Morgan fingerprint density at radius 2 is 2.25 bits per heavy atom. The number of nitriles is 1. The van der Waals surface area contributed by atoms with Crippen molar-refractivity contribution < 1.29 is 14.1 Å². The number of hydrogen-bond acceptors (Lipinski definition) is 5. The van der Waals surface area contributed by atoms with Crippen molar-refractivity contribution in [1.82, 2.24) is 4.90 Å². The molecule has 106 valence electrons. The number of halogens is 1. The minimum absolute atomic E-state index is 0.0794. The van der Waals surface area contributed by atoms with Crippen LogP contribution in [0, 0.1) is 27.3 Å². The van der Waals surface area contributed by atoms with Gasteiger partial charge in [0, 0.05) is 19.2 Å². The quantitative estimate of drug-likeness (QED) is 0.501. The van der Waals surface area contributed by atoms with Gasteiger partial charge in [0.25, 0.3) is 11.6 Å². The number of nitro groups is 1. The van der Waals surface area contributed by atoms with Gasteiger partial charge in [0.2, 0.25) is 0 Å². The molecule has 2 N–H and O–H groups in total. The largest absolute Gasteiger partial charge is 0.392 e. The molecule has 0 radical (unpaired) electrons. The van der Waals surface area contributed by atoms with E-state index in [9.17, 15) is 19.3 Å². The maximum atomic E-state index is 13.7. The number of nitrogens with zero attached hydrogens (tertiary/aromatic N) is 3. The van der Waals surface area contributed by atoms with Gasteiger partial charge < -0.3 is 10.6 Å². The lowest BCUT2D eigenvalue weighted by Gasteiger charge is -2.20. The highest BCUT2D eigenvalue weighted by molar-refractivity contribution is 6.01. The first-order valence-corrected chi connectivity index (χ1v) is 5.82. The summed E-state index contributed by atoms with van der Waals surface area (Å²) in [7, 11) is 0. The molecule has 20 heavy (non-hydrogen) atoms. The van der Waals surface area contributed by atoms with Crippen LogP contribution in [0.3, 0.4) is 0 Å². The van der Waals surface area contributed by atoms with Gasteiger partial charge in [0.1, 0.15) is 17.1 Å². The van der Waals surface area contributed by atoms with Crippen molar-refractivity contribution in [2.75, 3.05) is 18.8 Å². The minimum Gasteiger partial charge on any atom is -0.392 e. The third kappa shape index (κ3) is 3.00. The van der Waals surface area contributed by atoms with Crippen LogP contribution < -0.4 is 5.73 Å². The first-order valence-electron chi connectivity index (χ1n) is 5.82. The lowest BCUT2D eigenvalue weighted by Crippen LogP contribution is -2.33. The molecule has 1 rings (SSSR count). The molecule has 0 unspecified atom stereocenters. The average molecular weight is 280 g/mol. The van der Waals surface area contributed by atoms with E-state index < -0.39 is 33.6 Å². The number of amides is 1. The number of nitrogens with two attached hydrogens (primary N) is 1. The molecule has 0 heterocycles. The maximum Gasteiger partial charge on any atom is 0.293 e. The van der Waals surface area contributed by atoms with Crippen LogP contribution in [0.25, 0.3) is 0 Å². The van der Waals surface area contributed by atoms with Crippen LogP contribution in [-0.2, 0) is 0 Å². The summed E-state index contributed by atoms with van der Waals surface area (Å²) in [6, 6.07) is 3.61. The molecule has 0 aromatic heterocycles. The molecule has 0 aliphatic rings. The number of rotatable bonds is 5. The molecule has 0 aliphatic heterocycles. The van der Waals surface area contributed by atoms with Crippen molar-refractivity contribution in [2.24, 2.45) is 0 Å². The molecular formula is C12H13FN4O3. The monoisotopic (exact) mass is 280 g/mol. The number of nitrogen functional groups attached to an aromatic ring is 1. The Hall–Kier alpha value is -2.69. The van der Waals surface area contributed by atoms with Gasteiger partial charge in [-0.1, -0.05) is 0 Å². The van der Waals surface area contributed by atoms with Gasteiger partial charge >= 0.3 is 0 Å². The summed E-state index contributed by atoms with van der Waals surface area (Å²) in [5.74, 6) is -1.69. The van der Waals surface area contributed by atoms with Crippen LogP contribution in [0.4, 0.5) is 15.8 Å². The maximum absolute atomic E-state index is 13.7. The molecule has 0 fully saturated rings. The molecule has 0 aliphatic carbocycles. The third-order valence-electron chi connectivity index (χ3n) is 2.74. The Labute approximate surface area is 114 Å². The highest BCUT2D eigenvalue weighted by atomic mass is 19.1. The molecule has 0 bridgehead atoms. The second-order valence-electron chi connectivity index (χ2n) is 3.91. The van der Waals surface area contributed by atoms with Gasteiger partial charge in [-0.3, -0.25) is 14.9 Å². The van der Waals surface area contributed by atoms with Crippen LogP contribution in [0.2, 0.25) is 0 Å². The smallest absolute Gasteiger partial charge is 0.293 e. The summed E-state index contributed by atoms with van der Waals surface area (Å²) in [6.07, 6.45) is 0.0794. The highest BCUT2D eigenvalue weighted by Gasteiger charge is 2.26. The number of hydrogen-bond donors (Lipinski definition) is 1. The predicted octanol–water partition coefficient (Wildman–Crippen LogP) is 1.69. The average Bonchev–Trinajstić information content (AvgIpc) is 2.39. The Kier molecular flexibility index (Phi) is 4.97. The molecule has 1 aromatic rings. The second kappa shape index (κ2) is 6.47. The summed E-state index contributed by atoms with van der Waals surface area (Å²) < 4.78 is 13.7. The Bertz CT molecular complexity index is 583. The van der Waals surface area contributed by atoms with Crippen molar-refractivity contribution in [2.45, 2.75) is 13.3 Å². The molecule has 1 aromatic carbocycles. The van der Waals surface area contributed by atoms with Crippen LogP contribution in [-0.4, -0.2) is 28.8 Å². The molecular weight excluding hydrogens is 267 g/mol. The molecule has 0 saturated heterocycles. The van der Waals surface area contributed by atoms with E-state index in [1.54, 1.807) is 6.92 Å². The number of carbonyl (C=O) groups excluding carboxylic acids is 1. The Morgan fingerprint density at radius 3 is 2.75 bits per heavy atom. The van der Waals surface area contributed by atoms with E-state index in [0.717, 1.165) is 12.1 Å². The van der Waals surface area contributed by atoms with Crippen LogP contribution in [0.5, 0.6) is 0 Å². The minimum atomic E-state index is -0.923. The molecule has 0 atom stereocenters. The van der Waals surface area contributed by atoms with Gasteiger partial charge in [-0.2, -0.15) is 5.26 Å². The van der Waals surface area contributed by atoms with E-state index in [1.807, 2.05) is 6.07 Å². The van der Waals surface area contributed by atoms with Crippen molar-refractivity contribution in [3.05, 3.63) is 33.6 Å². The topological polar surface area (TPSA) is 113 Å². The van der Waals surface area contributed by atoms with Gasteiger partial charge in [0.15, 0.2) is 0 Å². The van der Waals surface area contributed by atoms with E-state index in [1.165, 1.54) is 4.90 Å².